The molecule has 2 heterocycles. The van der Waals surface area contributed by atoms with E-state index in [0.717, 1.165) is 17.7 Å². The van der Waals surface area contributed by atoms with Gasteiger partial charge in [0.25, 0.3) is 5.91 Å². The lowest BCUT2D eigenvalue weighted by Gasteiger charge is -2.38. The van der Waals surface area contributed by atoms with Crippen LogP contribution >= 0.6 is 0 Å². The highest BCUT2D eigenvalue weighted by Crippen LogP contribution is 2.22. The summed E-state index contributed by atoms with van der Waals surface area (Å²) in [5.74, 6) is 0.118. The highest BCUT2D eigenvalue weighted by Gasteiger charge is 2.37. The molecule has 1 fully saturated rings. The molecule has 1 aliphatic rings. The van der Waals surface area contributed by atoms with Gasteiger partial charge >= 0.3 is 0 Å². The zero-order chi connectivity index (χ0) is 20.3. The predicted octanol–water partition coefficient (Wildman–Crippen LogP) is 2.73. The van der Waals surface area contributed by atoms with E-state index in [-0.39, 0.29) is 23.4 Å². The van der Waals surface area contributed by atoms with Crippen LogP contribution in [0.3, 0.4) is 0 Å². The summed E-state index contributed by atoms with van der Waals surface area (Å²) in [5.41, 5.74) is 3.49. The standard InChI is InChI=1S/C22H28N4O2/c1-14(2)18-7-5-17(6-8-18)11-15(3)20-21(27)23-9-10-26(20)22(28)19-13-24-16(4)12-25-19/h5-8,12-15,20H,9-11H2,1-4H3,(H,23,27). The first kappa shape index (κ1) is 20.0. The van der Waals surface area contributed by atoms with Gasteiger partial charge in [-0.3, -0.25) is 14.6 Å². The monoisotopic (exact) mass is 380 g/mol. The maximum Gasteiger partial charge on any atom is 0.274 e. The molecule has 6 heteroatoms. The maximum absolute atomic E-state index is 13.0. The van der Waals surface area contributed by atoms with Crippen LogP contribution in [0.25, 0.3) is 0 Å². The summed E-state index contributed by atoms with van der Waals surface area (Å²) in [4.78, 5) is 35.6. The van der Waals surface area contributed by atoms with Crippen LogP contribution in [-0.4, -0.2) is 45.8 Å². The van der Waals surface area contributed by atoms with Crippen molar-refractivity contribution >= 4 is 11.8 Å². The second-order valence-electron chi connectivity index (χ2n) is 7.86. The maximum atomic E-state index is 13.0. The number of rotatable bonds is 5. The fourth-order valence-corrected chi connectivity index (χ4v) is 3.65. The Morgan fingerprint density at radius 1 is 1.18 bits per heavy atom. The first-order valence-electron chi connectivity index (χ1n) is 9.83. The number of carbonyl (C=O) groups excluding carboxylic acids is 2. The van der Waals surface area contributed by atoms with Gasteiger partial charge in [-0.25, -0.2) is 4.98 Å². The largest absolute Gasteiger partial charge is 0.353 e. The number of aromatic nitrogens is 2. The Kier molecular flexibility index (Phi) is 6.07. The number of aryl methyl sites for hydroxylation is 1. The van der Waals surface area contributed by atoms with E-state index in [4.69, 9.17) is 0 Å². The molecule has 0 aliphatic carbocycles. The molecule has 2 aromatic rings. The Morgan fingerprint density at radius 2 is 1.89 bits per heavy atom. The van der Waals surface area contributed by atoms with E-state index in [1.54, 1.807) is 11.1 Å². The van der Waals surface area contributed by atoms with Crippen LogP contribution in [0.4, 0.5) is 0 Å². The third-order valence-corrected chi connectivity index (χ3v) is 5.26. The Bertz CT molecular complexity index is 831. The molecule has 148 valence electrons. The number of nitrogens with zero attached hydrogens (tertiary/aromatic N) is 3. The van der Waals surface area contributed by atoms with Crippen molar-refractivity contribution in [2.75, 3.05) is 13.1 Å². The minimum absolute atomic E-state index is 0.0208. The van der Waals surface area contributed by atoms with E-state index in [2.05, 4.69) is 53.4 Å². The van der Waals surface area contributed by atoms with Gasteiger partial charge < -0.3 is 10.2 Å². The van der Waals surface area contributed by atoms with E-state index in [1.165, 1.54) is 11.8 Å². The SMILES string of the molecule is Cc1cnc(C(=O)N2CCNC(=O)C2C(C)Cc2ccc(C(C)C)cc2)cn1. The molecule has 28 heavy (non-hydrogen) atoms. The van der Waals surface area contributed by atoms with Crippen LogP contribution in [0.2, 0.25) is 0 Å². The molecule has 6 nitrogen and oxygen atoms in total. The molecule has 2 unspecified atom stereocenters. The van der Waals surface area contributed by atoms with Gasteiger partial charge in [0.1, 0.15) is 11.7 Å². The van der Waals surface area contributed by atoms with Crippen LogP contribution in [0.1, 0.15) is 54.0 Å². The summed E-state index contributed by atoms with van der Waals surface area (Å²) in [6, 6.07) is 7.99. The fourth-order valence-electron chi connectivity index (χ4n) is 3.65. The minimum Gasteiger partial charge on any atom is -0.353 e. The third-order valence-electron chi connectivity index (χ3n) is 5.26. The van der Waals surface area contributed by atoms with Gasteiger partial charge in [0.15, 0.2) is 0 Å². The van der Waals surface area contributed by atoms with Crippen LogP contribution in [0, 0.1) is 12.8 Å². The second-order valence-corrected chi connectivity index (χ2v) is 7.86. The first-order valence-corrected chi connectivity index (χ1v) is 9.83. The average Bonchev–Trinajstić information content (AvgIpc) is 2.68. The summed E-state index contributed by atoms with van der Waals surface area (Å²) in [5, 5.41) is 2.90. The normalized spacial score (nSPS) is 18.1. The summed E-state index contributed by atoms with van der Waals surface area (Å²) < 4.78 is 0. The van der Waals surface area contributed by atoms with Crippen molar-refractivity contribution in [3.8, 4) is 0 Å². The molecule has 0 spiro atoms. The van der Waals surface area contributed by atoms with Crippen molar-refractivity contribution in [1.82, 2.24) is 20.2 Å². The van der Waals surface area contributed by atoms with Gasteiger partial charge in [0.2, 0.25) is 5.91 Å². The first-order chi connectivity index (χ1) is 13.4. The molecule has 1 N–H and O–H groups in total. The van der Waals surface area contributed by atoms with E-state index >= 15 is 0 Å². The summed E-state index contributed by atoms with van der Waals surface area (Å²) in [6.07, 6.45) is 3.78. The molecule has 3 rings (SSSR count). The summed E-state index contributed by atoms with van der Waals surface area (Å²) in [7, 11) is 0. The number of nitrogens with one attached hydrogen (secondary N) is 1. The van der Waals surface area contributed by atoms with Gasteiger partial charge in [-0.2, -0.15) is 0 Å². The summed E-state index contributed by atoms with van der Waals surface area (Å²) >= 11 is 0. The van der Waals surface area contributed by atoms with Gasteiger partial charge in [-0.05, 0) is 36.3 Å². The lowest BCUT2D eigenvalue weighted by atomic mass is 9.90. The van der Waals surface area contributed by atoms with Gasteiger partial charge in [0.05, 0.1) is 11.9 Å². The van der Waals surface area contributed by atoms with Crippen LogP contribution in [0.5, 0.6) is 0 Å². The highest BCUT2D eigenvalue weighted by molar-refractivity contribution is 5.96. The summed E-state index contributed by atoms with van der Waals surface area (Å²) in [6.45, 7) is 9.11. The predicted molar refractivity (Wildman–Crippen MR) is 108 cm³/mol. The Hall–Kier alpha value is -2.76. The molecule has 0 saturated carbocycles. The second kappa shape index (κ2) is 8.50. The number of hydrogen-bond donors (Lipinski definition) is 1. The van der Waals surface area contributed by atoms with E-state index < -0.39 is 6.04 Å². The average molecular weight is 380 g/mol. The molecule has 2 atom stereocenters. The molecule has 1 aromatic carbocycles. The number of amides is 2. The van der Waals surface area contributed by atoms with Crippen LogP contribution in [0.15, 0.2) is 36.7 Å². The van der Waals surface area contributed by atoms with Crippen molar-refractivity contribution in [3.05, 3.63) is 59.2 Å². The number of benzene rings is 1. The number of carbonyl (C=O) groups is 2. The molecule has 1 aromatic heterocycles. The molecule has 1 aliphatic heterocycles. The fraction of sp³-hybridized carbons (Fsp3) is 0.455. The van der Waals surface area contributed by atoms with Crippen molar-refractivity contribution in [2.24, 2.45) is 5.92 Å². The van der Waals surface area contributed by atoms with Crippen molar-refractivity contribution in [3.63, 3.8) is 0 Å². The van der Waals surface area contributed by atoms with Crippen molar-refractivity contribution < 1.29 is 9.59 Å². The molecule has 2 amide bonds. The zero-order valence-electron chi connectivity index (χ0n) is 17.0. The number of hydrogen-bond acceptors (Lipinski definition) is 4. The Balaban J connectivity index is 1.78. The molecular weight excluding hydrogens is 352 g/mol. The minimum atomic E-state index is -0.519. The van der Waals surface area contributed by atoms with E-state index in [1.807, 2.05) is 13.8 Å². The lowest BCUT2D eigenvalue weighted by Crippen LogP contribution is -2.60. The van der Waals surface area contributed by atoms with Gasteiger partial charge in [-0.15, -0.1) is 0 Å². The quantitative estimate of drug-likeness (QED) is 0.865. The topological polar surface area (TPSA) is 75.2 Å². The van der Waals surface area contributed by atoms with Crippen LogP contribution < -0.4 is 5.32 Å². The third kappa shape index (κ3) is 4.38. The Labute approximate surface area is 166 Å². The van der Waals surface area contributed by atoms with Crippen molar-refractivity contribution in [1.29, 1.82) is 0 Å². The zero-order valence-corrected chi connectivity index (χ0v) is 17.0. The lowest BCUT2D eigenvalue weighted by molar-refractivity contribution is -0.129. The number of piperazine rings is 1. The van der Waals surface area contributed by atoms with E-state index in [0.29, 0.717) is 19.0 Å². The van der Waals surface area contributed by atoms with Gasteiger partial charge in [0, 0.05) is 19.3 Å². The smallest absolute Gasteiger partial charge is 0.274 e. The molecule has 0 radical (unpaired) electrons. The van der Waals surface area contributed by atoms with Crippen molar-refractivity contribution in [2.45, 2.75) is 46.1 Å². The van der Waals surface area contributed by atoms with Gasteiger partial charge in [-0.1, -0.05) is 45.0 Å². The highest BCUT2D eigenvalue weighted by atomic mass is 16.2. The van der Waals surface area contributed by atoms with Crippen LogP contribution in [-0.2, 0) is 11.2 Å². The molecule has 0 bridgehead atoms. The molecular formula is C22H28N4O2. The van der Waals surface area contributed by atoms with E-state index in [9.17, 15) is 9.59 Å². The Morgan fingerprint density at radius 3 is 2.50 bits per heavy atom. The molecule has 1 saturated heterocycles.